The standard InChI is InChI=1S/C15H28N2O3/c1-12(2)17(11-9-14(18)19)15(20)16-10-8-13-6-4-3-5-7-13/h12-13H,3-11H2,1-2H3,(H,16,20)(H,18,19). The van der Waals surface area contributed by atoms with Crippen molar-refractivity contribution in [3.63, 3.8) is 0 Å². The van der Waals surface area contributed by atoms with Crippen molar-refractivity contribution >= 4 is 12.0 Å². The molecule has 0 bridgehead atoms. The molecule has 0 atom stereocenters. The van der Waals surface area contributed by atoms with E-state index in [-0.39, 0.29) is 25.0 Å². The maximum atomic E-state index is 12.1. The molecule has 0 aromatic rings. The largest absolute Gasteiger partial charge is 0.481 e. The monoisotopic (exact) mass is 284 g/mol. The Bertz CT molecular complexity index is 312. The van der Waals surface area contributed by atoms with E-state index >= 15 is 0 Å². The van der Waals surface area contributed by atoms with E-state index in [0.717, 1.165) is 12.3 Å². The second-order valence-electron chi connectivity index (χ2n) is 5.96. The second kappa shape index (κ2) is 8.82. The van der Waals surface area contributed by atoms with Gasteiger partial charge >= 0.3 is 12.0 Å². The van der Waals surface area contributed by atoms with Crippen LogP contribution in [0.2, 0.25) is 0 Å². The van der Waals surface area contributed by atoms with Gasteiger partial charge in [0.1, 0.15) is 0 Å². The highest BCUT2D eigenvalue weighted by atomic mass is 16.4. The van der Waals surface area contributed by atoms with E-state index in [4.69, 9.17) is 5.11 Å². The molecule has 5 heteroatoms. The molecule has 1 rings (SSSR count). The molecule has 0 saturated heterocycles. The van der Waals surface area contributed by atoms with Crippen molar-refractivity contribution in [3.8, 4) is 0 Å². The van der Waals surface area contributed by atoms with Crippen LogP contribution in [0.4, 0.5) is 4.79 Å². The molecule has 1 aliphatic carbocycles. The molecule has 1 aliphatic rings. The van der Waals surface area contributed by atoms with Gasteiger partial charge in [-0.1, -0.05) is 32.1 Å². The average molecular weight is 284 g/mol. The first-order valence-electron chi connectivity index (χ1n) is 7.77. The van der Waals surface area contributed by atoms with Crippen LogP contribution in [0.1, 0.15) is 58.8 Å². The third-order valence-corrected chi connectivity index (χ3v) is 4.00. The maximum Gasteiger partial charge on any atom is 0.317 e. The van der Waals surface area contributed by atoms with E-state index in [1.54, 1.807) is 4.90 Å². The van der Waals surface area contributed by atoms with Crippen molar-refractivity contribution < 1.29 is 14.7 Å². The van der Waals surface area contributed by atoms with E-state index < -0.39 is 5.97 Å². The van der Waals surface area contributed by atoms with Gasteiger partial charge in [0, 0.05) is 19.1 Å². The average Bonchev–Trinajstić information content (AvgIpc) is 2.39. The predicted molar refractivity (Wildman–Crippen MR) is 78.7 cm³/mol. The summed E-state index contributed by atoms with van der Waals surface area (Å²) in [5.74, 6) is -0.124. The van der Waals surface area contributed by atoms with Gasteiger partial charge in [0.2, 0.25) is 0 Å². The summed E-state index contributed by atoms with van der Waals surface area (Å²) in [7, 11) is 0. The molecule has 2 N–H and O–H groups in total. The van der Waals surface area contributed by atoms with Crippen LogP contribution in [0.15, 0.2) is 0 Å². The Hall–Kier alpha value is -1.26. The Balaban J connectivity index is 2.28. The number of hydrogen-bond acceptors (Lipinski definition) is 2. The minimum atomic E-state index is -0.870. The molecular formula is C15H28N2O3. The van der Waals surface area contributed by atoms with E-state index in [0.29, 0.717) is 6.54 Å². The fourth-order valence-corrected chi connectivity index (χ4v) is 2.77. The van der Waals surface area contributed by atoms with Gasteiger partial charge in [-0.15, -0.1) is 0 Å². The minimum absolute atomic E-state index is 0.00573. The molecule has 0 aromatic carbocycles. The third kappa shape index (κ3) is 6.26. The molecule has 116 valence electrons. The number of urea groups is 1. The van der Waals surface area contributed by atoms with Crippen molar-refractivity contribution in [1.82, 2.24) is 10.2 Å². The molecule has 0 aliphatic heterocycles. The summed E-state index contributed by atoms with van der Waals surface area (Å²) in [4.78, 5) is 24.3. The SMILES string of the molecule is CC(C)N(CCC(=O)O)C(=O)NCCC1CCCCC1. The highest BCUT2D eigenvalue weighted by Crippen LogP contribution is 2.25. The molecule has 1 fully saturated rings. The molecule has 0 heterocycles. The molecule has 0 unspecified atom stereocenters. The lowest BCUT2D eigenvalue weighted by Gasteiger charge is -2.27. The highest BCUT2D eigenvalue weighted by Gasteiger charge is 2.18. The van der Waals surface area contributed by atoms with Crippen molar-refractivity contribution in [2.24, 2.45) is 5.92 Å². The number of rotatable bonds is 7. The van der Waals surface area contributed by atoms with Crippen LogP contribution in [-0.2, 0) is 4.79 Å². The molecule has 1 saturated carbocycles. The highest BCUT2D eigenvalue weighted by molar-refractivity contribution is 5.75. The third-order valence-electron chi connectivity index (χ3n) is 4.00. The van der Waals surface area contributed by atoms with Crippen molar-refractivity contribution in [1.29, 1.82) is 0 Å². The number of amides is 2. The summed E-state index contributed by atoms with van der Waals surface area (Å²) in [5, 5.41) is 11.6. The first kappa shape index (κ1) is 16.8. The smallest absolute Gasteiger partial charge is 0.317 e. The van der Waals surface area contributed by atoms with Crippen molar-refractivity contribution in [2.45, 2.75) is 64.8 Å². The normalized spacial score (nSPS) is 16.1. The number of nitrogens with zero attached hydrogens (tertiary/aromatic N) is 1. The fraction of sp³-hybridized carbons (Fsp3) is 0.867. The Morgan fingerprint density at radius 2 is 1.90 bits per heavy atom. The molecule has 0 aromatic heterocycles. The lowest BCUT2D eigenvalue weighted by Crippen LogP contribution is -2.45. The van der Waals surface area contributed by atoms with Crippen molar-refractivity contribution in [3.05, 3.63) is 0 Å². The van der Waals surface area contributed by atoms with Gasteiger partial charge in [-0.25, -0.2) is 4.79 Å². The lowest BCUT2D eigenvalue weighted by molar-refractivity contribution is -0.137. The topological polar surface area (TPSA) is 69.6 Å². The molecule has 5 nitrogen and oxygen atoms in total. The fourth-order valence-electron chi connectivity index (χ4n) is 2.77. The van der Waals surface area contributed by atoms with Gasteiger partial charge in [0.25, 0.3) is 0 Å². The summed E-state index contributed by atoms with van der Waals surface area (Å²) in [6.45, 7) is 4.77. The first-order chi connectivity index (χ1) is 9.50. The Morgan fingerprint density at radius 3 is 2.45 bits per heavy atom. The van der Waals surface area contributed by atoms with Crippen LogP contribution in [0.5, 0.6) is 0 Å². The van der Waals surface area contributed by atoms with Crippen molar-refractivity contribution in [2.75, 3.05) is 13.1 Å². The van der Waals surface area contributed by atoms with Crippen LogP contribution in [0, 0.1) is 5.92 Å². The summed E-state index contributed by atoms with van der Waals surface area (Å²) in [6, 6.07) is -0.124. The number of carbonyl (C=O) groups is 2. The first-order valence-corrected chi connectivity index (χ1v) is 7.77. The minimum Gasteiger partial charge on any atom is -0.481 e. The zero-order valence-electron chi connectivity index (χ0n) is 12.7. The zero-order valence-corrected chi connectivity index (χ0v) is 12.7. The van der Waals surface area contributed by atoms with Gasteiger partial charge in [-0.05, 0) is 26.2 Å². The van der Waals surface area contributed by atoms with Gasteiger partial charge in [-0.3, -0.25) is 4.79 Å². The van der Waals surface area contributed by atoms with E-state index in [2.05, 4.69) is 5.32 Å². The van der Waals surface area contributed by atoms with E-state index in [1.807, 2.05) is 13.8 Å². The molecule has 0 spiro atoms. The van der Waals surface area contributed by atoms with Gasteiger partial charge in [0.05, 0.1) is 6.42 Å². The van der Waals surface area contributed by atoms with Crippen LogP contribution >= 0.6 is 0 Å². The summed E-state index contributed by atoms with van der Waals surface area (Å²) >= 11 is 0. The van der Waals surface area contributed by atoms with E-state index in [1.165, 1.54) is 32.1 Å². The Labute approximate surface area is 121 Å². The van der Waals surface area contributed by atoms with Crippen LogP contribution in [0.3, 0.4) is 0 Å². The van der Waals surface area contributed by atoms with Gasteiger partial charge in [0.15, 0.2) is 0 Å². The van der Waals surface area contributed by atoms with Gasteiger partial charge in [-0.2, -0.15) is 0 Å². The second-order valence-corrected chi connectivity index (χ2v) is 5.96. The molecule has 20 heavy (non-hydrogen) atoms. The zero-order chi connectivity index (χ0) is 15.0. The summed E-state index contributed by atoms with van der Waals surface area (Å²) in [5.41, 5.74) is 0. The summed E-state index contributed by atoms with van der Waals surface area (Å²) in [6.07, 6.45) is 7.57. The van der Waals surface area contributed by atoms with Crippen LogP contribution < -0.4 is 5.32 Å². The van der Waals surface area contributed by atoms with Gasteiger partial charge < -0.3 is 15.3 Å². The van der Waals surface area contributed by atoms with Crippen LogP contribution in [-0.4, -0.2) is 41.1 Å². The molecular weight excluding hydrogens is 256 g/mol. The quantitative estimate of drug-likeness (QED) is 0.755. The lowest BCUT2D eigenvalue weighted by atomic mass is 9.87. The number of aliphatic carboxylic acids is 1. The molecule has 2 amide bonds. The number of nitrogens with one attached hydrogen (secondary N) is 1. The van der Waals surface area contributed by atoms with E-state index in [9.17, 15) is 9.59 Å². The molecule has 0 radical (unpaired) electrons. The van der Waals surface area contributed by atoms with Crippen LogP contribution in [0.25, 0.3) is 0 Å². The summed E-state index contributed by atoms with van der Waals surface area (Å²) < 4.78 is 0. The number of carbonyl (C=O) groups excluding carboxylic acids is 1. The number of carboxylic acids is 1. The predicted octanol–water partition coefficient (Wildman–Crippen LogP) is 2.85. The maximum absolute atomic E-state index is 12.1. The Kier molecular flexibility index (Phi) is 7.41. The Morgan fingerprint density at radius 1 is 1.25 bits per heavy atom. The number of hydrogen-bond donors (Lipinski definition) is 2. The number of carboxylic acid groups (broad SMARTS) is 1.